The number of rotatable bonds is 8. The van der Waals surface area contributed by atoms with Crippen molar-refractivity contribution in [2.45, 2.75) is 65.6 Å². The molecule has 4 rings (SSSR count). The topological polar surface area (TPSA) is 125 Å². The van der Waals surface area contributed by atoms with Crippen molar-refractivity contribution in [3.8, 4) is 23.0 Å². The molecular formula is C24H30N6O4. The van der Waals surface area contributed by atoms with E-state index >= 15 is 0 Å². The van der Waals surface area contributed by atoms with Gasteiger partial charge in [-0.15, -0.1) is 5.10 Å². The number of aromatic nitrogens is 6. The molecule has 34 heavy (non-hydrogen) atoms. The van der Waals surface area contributed by atoms with Crippen molar-refractivity contribution >= 4 is 5.97 Å². The maximum Gasteiger partial charge on any atom is 0.306 e. The quantitative estimate of drug-likeness (QED) is 0.531. The summed E-state index contributed by atoms with van der Waals surface area (Å²) in [7, 11) is 1.81. The third-order valence-electron chi connectivity index (χ3n) is 6.31. The number of nitrogens with zero attached hydrogens (tertiary/aromatic N) is 6. The number of pyridine rings is 1. The second-order valence-corrected chi connectivity index (χ2v) is 8.62. The maximum absolute atomic E-state index is 11.3. The van der Waals surface area contributed by atoms with Gasteiger partial charge in [0.1, 0.15) is 30.1 Å². The monoisotopic (exact) mass is 466 g/mol. The fourth-order valence-electron chi connectivity index (χ4n) is 4.30. The standard InChI is InChI=1S/C24H30N6O4/c1-5-18-14(2)23(26-13-25-18)33-12-20-22(28-29-30(20)4)19-9-10-21(15(3)27-19)34-17-8-6-7-16(11-17)24(31)32/h9-10,13,16-17H,5-8,11-12H2,1-4H3,(H,31,32)/t16-,17-/m0/s1. The molecule has 0 bridgehead atoms. The Bertz CT molecular complexity index is 1180. The molecule has 3 aromatic rings. The largest absolute Gasteiger partial charge is 0.489 e. The lowest BCUT2D eigenvalue weighted by Crippen LogP contribution is -2.29. The molecule has 1 N–H and O–H groups in total. The first-order valence-corrected chi connectivity index (χ1v) is 11.6. The minimum atomic E-state index is -0.751. The van der Waals surface area contributed by atoms with Crippen LogP contribution < -0.4 is 9.47 Å². The molecule has 0 saturated heterocycles. The molecule has 10 nitrogen and oxygen atoms in total. The highest BCUT2D eigenvalue weighted by molar-refractivity contribution is 5.70. The van der Waals surface area contributed by atoms with Gasteiger partial charge < -0.3 is 14.6 Å². The number of carboxylic acid groups (broad SMARTS) is 1. The molecule has 1 saturated carbocycles. The molecule has 0 unspecified atom stereocenters. The van der Waals surface area contributed by atoms with Gasteiger partial charge in [0.05, 0.1) is 29.1 Å². The highest BCUT2D eigenvalue weighted by Crippen LogP contribution is 2.30. The van der Waals surface area contributed by atoms with Crippen LogP contribution in [0.5, 0.6) is 11.6 Å². The molecule has 1 aliphatic carbocycles. The SMILES string of the molecule is CCc1ncnc(OCc2c(-c3ccc(O[C@H]4CCC[C@H](C(=O)O)C4)c(C)n3)nnn2C)c1C. The molecular weight excluding hydrogens is 436 g/mol. The van der Waals surface area contributed by atoms with Gasteiger partial charge in [-0.3, -0.25) is 4.79 Å². The minimum Gasteiger partial charge on any atom is -0.489 e. The smallest absolute Gasteiger partial charge is 0.306 e. The van der Waals surface area contributed by atoms with Crippen LogP contribution in [-0.4, -0.2) is 47.1 Å². The van der Waals surface area contributed by atoms with E-state index in [2.05, 4.69) is 20.3 Å². The Morgan fingerprint density at radius 1 is 1.24 bits per heavy atom. The number of aryl methyl sites for hydroxylation is 3. The van der Waals surface area contributed by atoms with Crippen LogP contribution in [0.3, 0.4) is 0 Å². The molecule has 0 aromatic carbocycles. The van der Waals surface area contributed by atoms with E-state index in [1.807, 2.05) is 40.0 Å². The zero-order valence-corrected chi connectivity index (χ0v) is 20.0. The lowest BCUT2D eigenvalue weighted by atomic mass is 9.87. The summed E-state index contributed by atoms with van der Waals surface area (Å²) in [5.74, 6) is 0.101. The summed E-state index contributed by atoms with van der Waals surface area (Å²) in [6.07, 6.45) is 5.11. The number of carboxylic acids is 1. The zero-order chi connectivity index (χ0) is 24.2. The van der Waals surface area contributed by atoms with Gasteiger partial charge in [0.2, 0.25) is 5.88 Å². The van der Waals surface area contributed by atoms with Crippen LogP contribution in [0.1, 0.15) is 55.3 Å². The van der Waals surface area contributed by atoms with Crippen LogP contribution in [0, 0.1) is 19.8 Å². The van der Waals surface area contributed by atoms with Gasteiger partial charge >= 0.3 is 5.97 Å². The van der Waals surface area contributed by atoms with Gasteiger partial charge in [-0.2, -0.15) is 0 Å². The van der Waals surface area contributed by atoms with Crippen LogP contribution in [-0.2, 0) is 24.9 Å². The van der Waals surface area contributed by atoms with Crippen molar-refractivity contribution in [2.24, 2.45) is 13.0 Å². The summed E-state index contributed by atoms with van der Waals surface area (Å²) >= 11 is 0. The predicted molar refractivity (Wildman–Crippen MR) is 123 cm³/mol. The molecule has 0 radical (unpaired) electrons. The minimum absolute atomic E-state index is 0.120. The van der Waals surface area contributed by atoms with E-state index in [9.17, 15) is 9.90 Å². The van der Waals surface area contributed by atoms with Crippen LogP contribution in [0.25, 0.3) is 11.4 Å². The molecule has 10 heteroatoms. The molecule has 3 heterocycles. The molecule has 0 amide bonds. The summed E-state index contributed by atoms with van der Waals surface area (Å²) in [6.45, 7) is 6.10. The van der Waals surface area contributed by atoms with E-state index in [-0.39, 0.29) is 18.6 Å². The van der Waals surface area contributed by atoms with E-state index in [1.165, 1.54) is 6.33 Å². The van der Waals surface area contributed by atoms with Crippen molar-refractivity contribution in [2.75, 3.05) is 0 Å². The average Bonchev–Trinajstić information content (AvgIpc) is 3.20. The lowest BCUT2D eigenvalue weighted by molar-refractivity contribution is -0.143. The molecule has 1 fully saturated rings. The summed E-state index contributed by atoms with van der Waals surface area (Å²) in [4.78, 5) is 24.6. The second kappa shape index (κ2) is 10.1. The Hall–Kier alpha value is -3.56. The van der Waals surface area contributed by atoms with Crippen molar-refractivity contribution in [1.29, 1.82) is 0 Å². The second-order valence-electron chi connectivity index (χ2n) is 8.62. The Balaban J connectivity index is 1.50. The van der Waals surface area contributed by atoms with Crippen LogP contribution in [0.4, 0.5) is 0 Å². The summed E-state index contributed by atoms with van der Waals surface area (Å²) in [5, 5.41) is 17.8. The van der Waals surface area contributed by atoms with E-state index in [0.717, 1.165) is 36.2 Å². The fourth-order valence-corrected chi connectivity index (χ4v) is 4.30. The Labute approximate surface area is 198 Å². The van der Waals surface area contributed by atoms with E-state index < -0.39 is 5.97 Å². The highest BCUT2D eigenvalue weighted by Gasteiger charge is 2.28. The zero-order valence-electron chi connectivity index (χ0n) is 20.0. The molecule has 2 atom stereocenters. The number of hydrogen-bond donors (Lipinski definition) is 1. The van der Waals surface area contributed by atoms with Gasteiger partial charge in [-0.1, -0.05) is 12.1 Å². The van der Waals surface area contributed by atoms with Crippen LogP contribution in [0.2, 0.25) is 0 Å². The van der Waals surface area contributed by atoms with Gasteiger partial charge in [-0.05, 0) is 58.1 Å². The van der Waals surface area contributed by atoms with E-state index in [1.54, 1.807) is 4.68 Å². The first-order chi connectivity index (χ1) is 16.4. The van der Waals surface area contributed by atoms with Gasteiger partial charge in [0, 0.05) is 12.6 Å². The normalized spacial score (nSPS) is 18.0. The van der Waals surface area contributed by atoms with Crippen LogP contribution >= 0.6 is 0 Å². The number of aliphatic carboxylic acids is 1. The van der Waals surface area contributed by atoms with Gasteiger partial charge in [-0.25, -0.2) is 19.6 Å². The highest BCUT2D eigenvalue weighted by atomic mass is 16.5. The first-order valence-electron chi connectivity index (χ1n) is 11.6. The Kier molecular flexibility index (Phi) is 7.04. The van der Waals surface area contributed by atoms with Crippen molar-refractivity contribution in [3.63, 3.8) is 0 Å². The van der Waals surface area contributed by atoms with Crippen molar-refractivity contribution in [1.82, 2.24) is 29.9 Å². The molecule has 3 aromatic heterocycles. The van der Waals surface area contributed by atoms with E-state index in [0.29, 0.717) is 41.6 Å². The van der Waals surface area contributed by atoms with E-state index in [4.69, 9.17) is 14.5 Å². The maximum atomic E-state index is 11.3. The average molecular weight is 467 g/mol. The number of carbonyl (C=O) groups is 1. The third kappa shape index (κ3) is 5.00. The number of hydrogen-bond acceptors (Lipinski definition) is 8. The summed E-state index contributed by atoms with van der Waals surface area (Å²) in [6, 6.07) is 3.71. The number of ether oxygens (including phenoxy) is 2. The summed E-state index contributed by atoms with van der Waals surface area (Å²) in [5.41, 5.74) is 4.65. The lowest BCUT2D eigenvalue weighted by Gasteiger charge is -2.27. The Morgan fingerprint density at radius 3 is 2.79 bits per heavy atom. The van der Waals surface area contributed by atoms with Crippen LogP contribution in [0.15, 0.2) is 18.5 Å². The Morgan fingerprint density at radius 2 is 2.06 bits per heavy atom. The molecule has 180 valence electrons. The van der Waals surface area contributed by atoms with Crippen molar-refractivity contribution < 1.29 is 19.4 Å². The molecule has 0 aliphatic heterocycles. The van der Waals surface area contributed by atoms with Crippen molar-refractivity contribution in [3.05, 3.63) is 41.1 Å². The molecule has 1 aliphatic rings. The van der Waals surface area contributed by atoms with Gasteiger partial charge in [0.15, 0.2) is 0 Å². The predicted octanol–water partition coefficient (Wildman–Crippen LogP) is 3.45. The van der Waals surface area contributed by atoms with Gasteiger partial charge in [0.25, 0.3) is 0 Å². The fraction of sp³-hybridized carbons (Fsp3) is 0.500. The molecule has 0 spiro atoms. The summed E-state index contributed by atoms with van der Waals surface area (Å²) < 4.78 is 13.8. The third-order valence-corrected chi connectivity index (χ3v) is 6.31. The first kappa shape index (κ1) is 23.6.